The summed E-state index contributed by atoms with van der Waals surface area (Å²) < 4.78 is 19.3. The molecule has 2 aromatic heterocycles. The monoisotopic (exact) mass is 427 g/mol. The van der Waals surface area contributed by atoms with Gasteiger partial charge in [-0.1, -0.05) is 18.2 Å². The Hall–Kier alpha value is -3.77. The van der Waals surface area contributed by atoms with Gasteiger partial charge in [0.25, 0.3) is 0 Å². The Morgan fingerprint density at radius 2 is 1.91 bits per heavy atom. The molecule has 0 spiro atoms. The van der Waals surface area contributed by atoms with Crippen molar-refractivity contribution in [1.29, 1.82) is 0 Å². The van der Waals surface area contributed by atoms with Gasteiger partial charge in [-0.3, -0.25) is 0 Å². The average molecular weight is 428 g/mol. The SMILES string of the molecule is CN(C)Cc1cnn(-c2ccc(C3=COC=C(C4=CC=CCC4)O3)cc2)c1-c1ccco1. The molecule has 0 N–H and O–H groups in total. The van der Waals surface area contributed by atoms with Gasteiger partial charge in [0.1, 0.15) is 18.2 Å². The number of allylic oxidation sites excluding steroid dienone is 4. The topological polar surface area (TPSA) is 52.7 Å². The number of furan rings is 1. The van der Waals surface area contributed by atoms with E-state index in [0.717, 1.165) is 59.0 Å². The normalized spacial score (nSPS) is 15.7. The van der Waals surface area contributed by atoms with Gasteiger partial charge < -0.3 is 18.8 Å². The van der Waals surface area contributed by atoms with Gasteiger partial charge in [-0.15, -0.1) is 0 Å². The average Bonchev–Trinajstić information content (AvgIpc) is 3.49. The van der Waals surface area contributed by atoms with Gasteiger partial charge >= 0.3 is 0 Å². The maximum absolute atomic E-state index is 6.14. The fourth-order valence-corrected chi connectivity index (χ4v) is 3.88. The Kier molecular flexibility index (Phi) is 5.52. The minimum absolute atomic E-state index is 0.685. The van der Waals surface area contributed by atoms with Crippen LogP contribution in [-0.2, 0) is 16.0 Å². The van der Waals surface area contributed by atoms with Crippen LogP contribution in [-0.4, -0.2) is 28.8 Å². The molecule has 0 saturated heterocycles. The summed E-state index contributed by atoms with van der Waals surface area (Å²) in [4.78, 5) is 2.12. The summed E-state index contributed by atoms with van der Waals surface area (Å²) in [5.41, 5.74) is 5.08. The zero-order valence-corrected chi connectivity index (χ0v) is 18.2. The third kappa shape index (κ3) is 4.05. The molecule has 162 valence electrons. The summed E-state index contributed by atoms with van der Waals surface area (Å²) in [6.45, 7) is 0.770. The molecular weight excluding hydrogens is 402 g/mol. The number of benzene rings is 1. The lowest BCUT2D eigenvalue weighted by Crippen LogP contribution is -2.11. The third-order valence-corrected chi connectivity index (χ3v) is 5.38. The second-order valence-electron chi connectivity index (χ2n) is 8.05. The van der Waals surface area contributed by atoms with E-state index in [1.165, 1.54) is 0 Å². The van der Waals surface area contributed by atoms with Crippen molar-refractivity contribution >= 4 is 5.76 Å². The lowest BCUT2D eigenvalue weighted by atomic mass is 10.0. The van der Waals surface area contributed by atoms with Crippen molar-refractivity contribution in [2.75, 3.05) is 14.1 Å². The van der Waals surface area contributed by atoms with E-state index in [0.29, 0.717) is 5.76 Å². The Labute approximate surface area is 187 Å². The first-order chi connectivity index (χ1) is 15.7. The maximum Gasteiger partial charge on any atom is 0.169 e. The van der Waals surface area contributed by atoms with Gasteiger partial charge in [0.2, 0.25) is 0 Å². The number of aromatic nitrogens is 2. The highest BCUT2D eigenvalue weighted by Gasteiger charge is 2.19. The summed E-state index contributed by atoms with van der Waals surface area (Å²) >= 11 is 0. The molecule has 0 bridgehead atoms. The van der Waals surface area contributed by atoms with Crippen LogP contribution in [0.1, 0.15) is 24.0 Å². The summed E-state index contributed by atoms with van der Waals surface area (Å²) in [5, 5.41) is 4.65. The first-order valence-corrected chi connectivity index (χ1v) is 10.6. The quantitative estimate of drug-likeness (QED) is 0.508. The molecule has 0 radical (unpaired) electrons. The zero-order chi connectivity index (χ0) is 21.9. The Morgan fingerprint density at radius 1 is 1.06 bits per heavy atom. The van der Waals surface area contributed by atoms with Crippen molar-refractivity contribution in [3.63, 3.8) is 0 Å². The van der Waals surface area contributed by atoms with E-state index >= 15 is 0 Å². The maximum atomic E-state index is 6.14. The summed E-state index contributed by atoms with van der Waals surface area (Å²) in [7, 11) is 4.08. The van der Waals surface area contributed by atoms with E-state index in [9.17, 15) is 0 Å². The molecule has 3 aromatic rings. The lowest BCUT2D eigenvalue weighted by molar-refractivity contribution is 0.285. The second-order valence-corrected chi connectivity index (χ2v) is 8.05. The minimum Gasteiger partial charge on any atom is -0.465 e. The summed E-state index contributed by atoms with van der Waals surface area (Å²) in [6, 6.07) is 11.9. The van der Waals surface area contributed by atoms with Gasteiger partial charge in [0, 0.05) is 17.7 Å². The van der Waals surface area contributed by atoms with Crippen LogP contribution in [0.2, 0.25) is 0 Å². The van der Waals surface area contributed by atoms with Crippen LogP contribution in [0.3, 0.4) is 0 Å². The largest absolute Gasteiger partial charge is 0.465 e. The van der Waals surface area contributed by atoms with Crippen LogP contribution in [0.15, 0.2) is 95.4 Å². The predicted molar refractivity (Wildman–Crippen MR) is 123 cm³/mol. The molecule has 0 fully saturated rings. The van der Waals surface area contributed by atoms with Crippen molar-refractivity contribution in [3.8, 4) is 17.1 Å². The van der Waals surface area contributed by atoms with E-state index < -0.39 is 0 Å². The first kappa shape index (κ1) is 20.2. The molecule has 6 nitrogen and oxygen atoms in total. The van der Waals surface area contributed by atoms with Crippen LogP contribution < -0.4 is 0 Å². The van der Waals surface area contributed by atoms with E-state index in [1.807, 2.05) is 61.4 Å². The molecule has 1 aliphatic heterocycles. The number of hydrogen-bond donors (Lipinski definition) is 0. The number of hydrogen-bond acceptors (Lipinski definition) is 5. The number of nitrogens with zero attached hydrogens (tertiary/aromatic N) is 3. The van der Waals surface area contributed by atoms with E-state index in [4.69, 9.17) is 13.9 Å². The van der Waals surface area contributed by atoms with Crippen molar-refractivity contribution in [1.82, 2.24) is 14.7 Å². The Morgan fingerprint density at radius 3 is 2.62 bits per heavy atom. The van der Waals surface area contributed by atoms with Gasteiger partial charge in [0.05, 0.1) is 18.1 Å². The molecule has 0 unspecified atom stereocenters. The second kappa shape index (κ2) is 8.77. The van der Waals surface area contributed by atoms with Crippen LogP contribution in [0, 0.1) is 0 Å². The molecule has 32 heavy (non-hydrogen) atoms. The zero-order valence-electron chi connectivity index (χ0n) is 18.2. The van der Waals surface area contributed by atoms with E-state index in [1.54, 1.807) is 18.8 Å². The van der Waals surface area contributed by atoms with Crippen molar-refractivity contribution in [3.05, 3.63) is 102 Å². The van der Waals surface area contributed by atoms with E-state index in [2.05, 4.69) is 28.2 Å². The van der Waals surface area contributed by atoms with Crippen LogP contribution in [0.4, 0.5) is 0 Å². The Bertz CT molecular complexity index is 1210. The molecule has 6 heteroatoms. The first-order valence-electron chi connectivity index (χ1n) is 10.6. The van der Waals surface area contributed by atoms with Crippen molar-refractivity contribution in [2.24, 2.45) is 0 Å². The summed E-state index contributed by atoms with van der Waals surface area (Å²) in [5.74, 6) is 2.24. The number of rotatable bonds is 6. The van der Waals surface area contributed by atoms with Gasteiger partial charge in [0.15, 0.2) is 17.3 Å². The van der Waals surface area contributed by atoms with Crippen LogP contribution in [0.5, 0.6) is 0 Å². The van der Waals surface area contributed by atoms with Gasteiger partial charge in [-0.2, -0.15) is 5.10 Å². The molecule has 5 rings (SSSR count). The van der Waals surface area contributed by atoms with Crippen molar-refractivity contribution in [2.45, 2.75) is 19.4 Å². The Balaban J connectivity index is 1.41. The molecule has 2 aliphatic rings. The number of ether oxygens (including phenoxy) is 2. The molecule has 1 aromatic carbocycles. The third-order valence-electron chi connectivity index (χ3n) is 5.38. The highest BCUT2D eigenvalue weighted by Crippen LogP contribution is 2.32. The fourth-order valence-electron chi connectivity index (χ4n) is 3.88. The lowest BCUT2D eigenvalue weighted by Gasteiger charge is -2.20. The van der Waals surface area contributed by atoms with Gasteiger partial charge in [-0.25, -0.2) is 4.68 Å². The predicted octanol–water partition coefficient (Wildman–Crippen LogP) is 5.66. The standard InChI is InChI=1S/C26H25N3O3/c1-28(2)16-21-15-27-29(26(21)23-9-6-14-31-23)22-12-10-20(11-13-22)25-18-30-17-24(32-25)19-7-4-3-5-8-19/h3-4,6-7,9-15,17-18H,5,8,16H2,1-2H3. The minimum atomic E-state index is 0.685. The van der Waals surface area contributed by atoms with Crippen molar-refractivity contribution < 1.29 is 13.9 Å². The van der Waals surface area contributed by atoms with Gasteiger partial charge in [-0.05, 0) is 68.9 Å². The molecule has 0 amide bonds. The molecule has 0 atom stereocenters. The van der Waals surface area contributed by atoms with Crippen LogP contribution >= 0.6 is 0 Å². The highest BCUT2D eigenvalue weighted by atomic mass is 16.5. The van der Waals surface area contributed by atoms with Crippen LogP contribution in [0.25, 0.3) is 22.9 Å². The highest BCUT2D eigenvalue weighted by molar-refractivity contribution is 5.64. The molecular formula is C26H25N3O3. The van der Waals surface area contributed by atoms with E-state index in [-0.39, 0.29) is 0 Å². The molecule has 1 aliphatic carbocycles. The molecule has 0 saturated carbocycles. The fraction of sp³-hybridized carbons (Fsp3) is 0.192. The summed E-state index contributed by atoms with van der Waals surface area (Å²) in [6.07, 6.45) is 15.1. The smallest absolute Gasteiger partial charge is 0.169 e. The molecule has 3 heterocycles.